The molecule has 0 saturated carbocycles. The third kappa shape index (κ3) is 4.30. The van der Waals surface area contributed by atoms with E-state index in [1.807, 2.05) is 13.1 Å². The Morgan fingerprint density at radius 3 is 2.67 bits per heavy atom. The molecule has 2 rings (SSSR count). The van der Waals surface area contributed by atoms with Crippen LogP contribution < -0.4 is 10.2 Å². The highest BCUT2D eigenvalue weighted by molar-refractivity contribution is 5.54. The van der Waals surface area contributed by atoms with Crippen molar-refractivity contribution in [3.63, 3.8) is 0 Å². The third-order valence-corrected chi connectivity index (χ3v) is 3.52. The zero-order chi connectivity index (χ0) is 15.2. The van der Waals surface area contributed by atoms with Crippen molar-refractivity contribution in [2.24, 2.45) is 0 Å². The topological polar surface area (TPSA) is 15.3 Å². The van der Waals surface area contributed by atoms with Crippen LogP contribution in [0, 0.1) is 12.7 Å². The molecule has 0 spiro atoms. The van der Waals surface area contributed by atoms with Gasteiger partial charge in [0.1, 0.15) is 5.82 Å². The second kappa shape index (κ2) is 7.23. The minimum atomic E-state index is -0.183. The van der Waals surface area contributed by atoms with Gasteiger partial charge >= 0.3 is 0 Å². The van der Waals surface area contributed by atoms with Crippen molar-refractivity contribution in [1.29, 1.82) is 0 Å². The van der Waals surface area contributed by atoms with Crippen molar-refractivity contribution < 1.29 is 4.39 Å². The van der Waals surface area contributed by atoms with E-state index in [0.29, 0.717) is 6.54 Å². The van der Waals surface area contributed by atoms with Crippen LogP contribution in [-0.4, -0.2) is 13.6 Å². The van der Waals surface area contributed by atoms with Crippen LogP contribution >= 0.6 is 0 Å². The van der Waals surface area contributed by atoms with E-state index in [9.17, 15) is 4.39 Å². The highest BCUT2D eigenvalue weighted by Gasteiger charge is 2.08. The molecule has 0 heterocycles. The monoisotopic (exact) mass is 286 g/mol. The molecular weight excluding hydrogens is 263 g/mol. The van der Waals surface area contributed by atoms with Gasteiger partial charge in [0.2, 0.25) is 0 Å². The van der Waals surface area contributed by atoms with Gasteiger partial charge < -0.3 is 10.2 Å². The van der Waals surface area contributed by atoms with Crippen LogP contribution in [-0.2, 0) is 13.1 Å². The highest BCUT2D eigenvalue weighted by atomic mass is 19.1. The van der Waals surface area contributed by atoms with Gasteiger partial charge in [-0.15, -0.1) is 0 Å². The van der Waals surface area contributed by atoms with Crippen LogP contribution in [0.25, 0.3) is 0 Å². The molecule has 0 fully saturated rings. The Morgan fingerprint density at radius 1 is 1.14 bits per heavy atom. The van der Waals surface area contributed by atoms with Crippen LogP contribution in [0.5, 0.6) is 0 Å². The van der Waals surface area contributed by atoms with E-state index >= 15 is 0 Å². The molecule has 2 nitrogen and oxygen atoms in total. The maximum absolute atomic E-state index is 13.3. The lowest BCUT2D eigenvalue weighted by Crippen LogP contribution is -2.20. The second-order valence-corrected chi connectivity index (χ2v) is 5.40. The highest BCUT2D eigenvalue weighted by Crippen LogP contribution is 2.22. The van der Waals surface area contributed by atoms with Gasteiger partial charge in [-0.2, -0.15) is 0 Å². The first-order chi connectivity index (χ1) is 10.1. The molecule has 0 amide bonds. The van der Waals surface area contributed by atoms with E-state index in [2.05, 4.69) is 42.3 Å². The Morgan fingerprint density at radius 2 is 1.95 bits per heavy atom. The normalized spacial score (nSPS) is 10.7. The summed E-state index contributed by atoms with van der Waals surface area (Å²) >= 11 is 0. The number of aryl methyl sites for hydroxylation is 1. The zero-order valence-electron chi connectivity index (χ0n) is 13.0. The fraction of sp³-hybridized carbons (Fsp3) is 0.333. The molecule has 112 valence electrons. The number of hydrogen-bond donors (Lipinski definition) is 1. The number of benzene rings is 2. The van der Waals surface area contributed by atoms with Crippen molar-refractivity contribution in [2.45, 2.75) is 26.9 Å². The molecule has 0 aliphatic carbocycles. The van der Waals surface area contributed by atoms with E-state index in [0.717, 1.165) is 18.7 Å². The summed E-state index contributed by atoms with van der Waals surface area (Å²) < 4.78 is 13.3. The molecule has 0 bridgehead atoms. The third-order valence-electron chi connectivity index (χ3n) is 3.52. The molecule has 1 N–H and O–H groups in total. The van der Waals surface area contributed by atoms with E-state index < -0.39 is 0 Å². The standard InChI is InChI=1S/C18H23FN2/c1-4-20-12-16-10-14(2)8-9-18(16)21(3)13-15-6-5-7-17(19)11-15/h5-11,20H,4,12-13H2,1-3H3. The zero-order valence-corrected chi connectivity index (χ0v) is 13.0. The van der Waals surface area contributed by atoms with Crippen LogP contribution in [0.15, 0.2) is 42.5 Å². The molecule has 0 atom stereocenters. The Hall–Kier alpha value is -1.87. The van der Waals surface area contributed by atoms with Crippen molar-refractivity contribution in [3.8, 4) is 0 Å². The maximum atomic E-state index is 13.3. The van der Waals surface area contributed by atoms with Crippen molar-refractivity contribution in [3.05, 3.63) is 65.0 Å². The predicted octanol–water partition coefficient (Wildman–Crippen LogP) is 3.88. The molecule has 0 saturated heterocycles. The molecule has 0 unspecified atom stereocenters. The summed E-state index contributed by atoms with van der Waals surface area (Å²) in [5, 5.41) is 3.37. The number of hydrogen-bond acceptors (Lipinski definition) is 2. The average Bonchev–Trinajstić information content (AvgIpc) is 2.45. The SMILES string of the molecule is CCNCc1cc(C)ccc1N(C)Cc1cccc(F)c1. The molecule has 0 aliphatic rings. The predicted molar refractivity (Wildman–Crippen MR) is 87.1 cm³/mol. The summed E-state index contributed by atoms with van der Waals surface area (Å²) in [4.78, 5) is 2.17. The number of rotatable bonds is 6. The van der Waals surface area contributed by atoms with Crippen LogP contribution in [0.2, 0.25) is 0 Å². The Balaban J connectivity index is 2.19. The first kappa shape index (κ1) is 15.5. The Labute approximate surface area is 126 Å². The molecular formula is C18H23FN2. The molecule has 0 aliphatic heterocycles. The molecule has 0 aromatic heterocycles. The first-order valence-electron chi connectivity index (χ1n) is 7.36. The molecule has 21 heavy (non-hydrogen) atoms. The van der Waals surface area contributed by atoms with Gasteiger partial charge in [-0.1, -0.05) is 36.8 Å². The van der Waals surface area contributed by atoms with E-state index in [-0.39, 0.29) is 5.82 Å². The molecule has 3 heteroatoms. The van der Waals surface area contributed by atoms with Crippen LogP contribution in [0.4, 0.5) is 10.1 Å². The van der Waals surface area contributed by atoms with E-state index in [4.69, 9.17) is 0 Å². The summed E-state index contributed by atoms with van der Waals surface area (Å²) in [6.45, 7) is 6.69. The van der Waals surface area contributed by atoms with Gasteiger partial charge in [-0.3, -0.25) is 0 Å². The van der Waals surface area contributed by atoms with Gasteiger partial charge in [0, 0.05) is 25.8 Å². The molecule has 0 radical (unpaired) electrons. The number of nitrogens with one attached hydrogen (secondary N) is 1. The van der Waals surface area contributed by atoms with Gasteiger partial charge in [0.25, 0.3) is 0 Å². The lowest BCUT2D eigenvalue weighted by molar-refractivity contribution is 0.625. The summed E-state index contributed by atoms with van der Waals surface area (Å²) in [6, 6.07) is 13.2. The number of anilines is 1. The van der Waals surface area contributed by atoms with Crippen molar-refractivity contribution in [1.82, 2.24) is 5.32 Å². The quantitative estimate of drug-likeness (QED) is 0.867. The Bertz CT molecular complexity index is 596. The minimum Gasteiger partial charge on any atom is -0.370 e. The number of nitrogens with zero attached hydrogens (tertiary/aromatic N) is 1. The first-order valence-corrected chi connectivity index (χ1v) is 7.36. The summed E-state index contributed by atoms with van der Waals surface area (Å²) in [5.41, 5.74) is 4.69. The van der Waals surface area contributed by atoms with Gasteiger partial charge in [-0.05, 0) is 42.8 Å². The van der Waals surface area contributed by atoms with Crippen LogP contribution in [0.1, 0.15) is 23.6 Å². The lowest BCUT2D eigenvalue weighted by atomic mass is 10.1. The van der Waals surface area contributed by atoms with Gasteiger partial charge in [0.05, 0.1) is 0 Å². The van der Waals surface area contributed by atoms with Crippen LogP contribution in [0.3, 0.4) is 0 Å². The Kier molecular flexibility index (Phi) is 5.34. The van der Waals surface area contributed by atoms with Gasteiger partial charge in [-0.25, -0.2) is 4.39 Å². The smallest absolute Gasteiger partial charge is 0.123 e. The molecule has 2 aromatic carbocycles. The maximum Gasteiger partial charge on any atom is 0.123 e. The van der Waals surface area contributed by atoms with Crippen molar-refractivity contribution >= 4 is 5.69 Å². The fourth-order valence-electron chi connectivity index (χ4n) is 2.48. The fourth-order valence-corrected chi connectivity index (χ4v) is 2.48. The van der Waals surface area contributed by atoms with Crippen molar-refractivity contribution in [2.75, 3.05) is 18.5 Å². The molecule has 2 aromatic rings. The summed E-state index contributed by atoms with van der Waals surface area (Å²) in [5.74, 6) is -0.183. The second-order valence-electron chi connectivity index (χ2n) is 5.40. The summed E-state index contributed by atoms with van der Waals surface area (Å²) in [6.07, 6.45) is 0. The summed E-state index contributed by atoms with van der Waals surface area (Å²) in [7, 11) is 2.05. The average molecular weight is 286 g/mol. The minimum absolute atomic E-state index is 0.183. The lowest BCUT2D eigenvalue weighted by Gasteiger charge is -2.23. The van der Waals surface area contributed by atoms with E-state index in [1.54, 1.807) is 12.1 Å². The van der Waals surface area contributed by atoms with Gasteiger partial charge in [0.15, 0.2) is 0 Å². The van der Waals surface area contributed by atoms with E-state index in [1.165, 1.54) is 22.9 Å². The number of halogens is 1. The largest absolute Gasteiger partial charge is 0.370 e.